The average Bonchev–Trinajstić information content (AvgIpc) is 3.34. The summed E-state index contributed by atoms with van der Waals surface area (Å²) in [6.07, 6.45) is 5.32. The van der Waals surface area contributed by atoms with Crippen molar-refractivity contribution < 1.29 is 17.9 Å². The molecule has 0 amide bonds. The molecule has 3 aromatic carbocycles. The molecule has 5 rings (SSSR count). The van der Waals surface area contributed by atoms with E-state index < -0.39 is 10.0 Å². The molecule has 0 spiro atoms. The van der Waals surface area contributed by atoms with Crippen molar-refractivity contribution >= 4 is 37.3 Å². The number of ether oxygens (including phenoxy) is 2. The predicted octanol–water partition coefficient (Wildman–Crippen LogP) is 6.09. The number of sulfonamides is 1. The number of methoxy groups -OCH3 is 2. The van der Waals surface area contributed by atoms with Crippen LogP contribution in [0, 0.1) is 5.92 Å². The van der Waals surface area contributed by atoms with E-state index in [-0.39, 0.29) is 16.9 Å². The molecule has 1 aliphatic heterocycles. The molecular weight excluding hydrogens is 516 g/mol. The second kappa shape index (κ2) is 9.00. The van der Waals surface area contributed by atoms with Gasteiger partial charge in [0.15, 0.2) is 0 Å². The zero-order chi connectivity index (χ0) is 23.9. The van der Waals surface area contributed by atoms with Crippen molar-refractivity contribution in [2.45, 2.75) is 23.3 Å². The van der Waals surface area contributed by atoms with Crippen LogP contribution >= 0.6 is 15.9 Å². The summed E-state index contributed by atoms with van der Waals surface area (Å²) in [4.78, 5) is 0.212. The summed E-state index contributed by atoms with van der Waals surface area (Å²) in [6, 6.07) is 18.6. The highest BCUT2D eigenvalue weighted by Gasteiger charge is 2.39. The molecule has 3 aromatic rings. The summed E-state index contributed by atoms with van der Waals surface area (Å²) >= 11 is 3.69. The number of nitrogens with one attached hydrogen (secondary N) is 2. The molecule has 0 radical (unpaired) electrons. The highest BCUT2D eigenvalue weighted by atomic mass is 79.9. The minimum Gasteiger partial charge on any atom is -0.497 e. The predicted molar refractivity (Wildman–Crippen MR) is 137 cm³/mol. The first-order chi connectivity index (χ1) is 16.4. The molecule has 0 bridgehead atoms. The summed E-state index contributed by atoms with van der Waals surface area (Å²) < 4.78 is 40.9. The van der Waals surface area contributed by atoms with Gasteiger partial charge in [0.25, 0.3) is 10.0 Å². The Morgan fingerprint density at radius 3 is 2.59 bits per heavy atom. The molecule has 3 atom stereocenters. The Kier molecular flexibility index (Phi) is 6.04. The van der Waals surface area contributed by atoms with Gasteiger partial charge < -0.3 is 14.8 Å². The van der Waals surface area contributed by atoms with Gasteiger partial charge in [-0.05, 0) is 59.9 Å². The lowest BCUT2D eigenvalue weighted by atomic mass is 9.77. The van der Waals surface area contributed by atoms with E-state index >= 15 is 0 Å². The molecule has 6 nitrogen and oxygen atoms in total. The number of fused-ring (bicyclic) bond motifs is 3. The summed E-state index contributed by atoms with van der Waals surface area (Å²) in [6.45, 7) is 0. The quantitative estimate of drug-likeness (QED) is 0.369. The molecule has 0 aromatic heterocycles. The Labute approximate surface area is 208 Å². The summed E-state index contributed by atoms with van der Waals surface area (Å²) in [5.74, 6) is 1.41. The molecule has 0 saturated carbocycles. The zero-order valence-corrected chi connectivity index (χ0v) is 21.2. The second-order valence-corrected chi connectivity index (χ2v) is 11.0. The van der Waals surface area contributed by atoms with Crippen LogP contribution in [0.25, 0.3) is 0 Å². The van der Waals surface area contributed by atoms with Crippen molar-refractivity contribution in [3.05, 3.63) is 88.4 Å². The summed E-state index contributed by atoms with van der Waals surface area (Å²) in [7, 11) is -0.792. The van der Waals surface area contributed by atoms with Crippen molar-refractivity contribution in [2.24, 2.45) is 5.92 Å². The third-order valence-electron chi connectivity index (χ3n) is 6.54. The standard InChI is InChI=1S/C26H25BrN2O4S/c1-32-16-10-12-24(25(14-16)33-2)29-34(30,31)17-11-13-23-21(15-17)18-7-5-8-19(18)26(28-23)20-6-3-4-9-22(20)27/h3-7,9-15,18-19,26,28-29H,8H2,1-2H3/t18-,19+,26-/m0/s1. The van der Waals surface area contributed by atoms with Gasteiger partial charge in [-0.25, -0.2) is 8.42 Å². The maximum atomic E-state index is 13.3. The van der Waals surface area contributed by atoms with E-state index in [1.54, 1.807) is 37.4 Å². The lowest BCUT2D eigenvalue weighted by Gasteiger charge is -2.38. The minimum atomic E-state index is -3.83. The van der Waals surface area contributed by atoms with Crippen LogP contribution in [0.1, 0.15) is 29.5 Å². The maximum absolute atomic E-state index is 13.3. The molecule has 0 fully saturated rings. The highest BCUT2D eigenvalue weighted by Crippen LogP contribution is 2.51. The first-order valence-corrected chi connectivity index (χ1v) is 13.3. The molecule has 1 heterocycles. The fraction of sp³-hybridized carbons (Fsp3) is 0.231. The van der Waals surface area contributed by atoms with Gasteiger partial charge in [0.1, 0.15) is 11.5 Å². The topological polar surface area (TPSA) is 76.7 Å². The van der Waals surface area contributed by atoms with E-state index in [2.05, 4.69) is 50.3 Å². The fourth-order valence-corrected chi connectivity index (χ4v) is 6.50. The zero-order valence-electron chi connectivity index (χ0n) is 18.8. The SMILES string of the molecule is COc1ccc(NS(=O)(=O)c2ccc3c(c2)[C@H]2C=CC[C@H]2[C@@H](c2ccccc2Br)N3)c(OC)c1. The van der Waals surface area contributed by atoms with Crippen molar-refractivity contribution in [1.29, 1.82) is 0 Å². The van der Waals surface area contributed by atoms with E-state index in [0.29, 0.717) is 23.1 Å². The van der Waals surface area contributed by atoms with Crippen molar-refractivity contribution in [3.63, 3.8) is 0 Å². The normalized spacial score (nSPS) is 20.7. The Hall–Kier alpha value is -2.97. The number of anilines is 2. The Bertz CT molecular complexity index is 1370. The molecule has 0 unspecified atom stereocenters. The van der Waals surface area contributed by atoms with E-state index in [9.17, 15) is 8.42 Å². The molecule has 1 aliphatic carbocycles. The van der Waals surface area contributed by atoms with Gasteiger partial charge in [0.2, 0.25) is 0 Å². The van der Waals surface area contributed by atoms with E-state index in [0.717, 1.165) is 22.1 Å². The van der Waals surface area contributed by atoms with Crippen LogP contribution in [-0.4, -0.2) is 22.6 Å². The van der Waals surface area contributed by atoms with Crippen LogP contribution in [0.2, 0.25) is 0 Å². The lowest BCUT2D eigenvalue weighted by Crippen LogP contribution is -2.29. The van der Waals surface area contributed by atoms with Gasteiger partial charge >= 0.3 is 0 Å². The Balaban J connectivity index is 1.49. The monoisotopic (exact) mass is 540 g/mol. The van der Waals surface area contributed by atoms with Crippen LogP contribution in [-0.2, 0) is 10.0 Å². The molecule has 34 heavy (non-hydrogen) atoms. The first-order valence-electron chi connectivity index (χ1n) is 11.0. The molecule has 0 saturated heterocycles. The smallest absolute Gasteiger partial charge is 0.262 e. The van der Waals surface area contributed by atoms with Gasteiger partial charge in [-0.2, -0.15) is 0 Å². The van der Waals surface area contributed by atoms with E-state index in [4.69, 9.17) is 9.47 Å². The number of hydrogen-bond acceptors (Lipinski definition) is 5. The minimum absolute atomic E-state index is 0.132. The van der Waals surface area contributed by atoms with Crippen LogP contribution in [0.3, 0.4) is 0 Å². The summed E-state index contributed by atoms with van der Waals surface area (Å²) in [5, 5.41) is 3.67. The molecule has 2 aliphatic rings. The largest absolute Gasteiger partial charge is 0.497 e. The number of hydrogen-bond donors (Lipinski definition) is 2. The van der Waals surface area contributed by atoms with E-state index in [1.807, 2.05) is 18.2 Å². The average molecular weight is 541 g/mol. The number of allylic oxidation sites excluding steroid dienone is 2. The van der Waals surface area contributed by atoms with Gasteiger partial charge in [0, 0.05) is 22.1 Å². The number of rotatable bonds is 6. The van der Waals surface area contributed by atoms with Crippen molar-refractivity contribution in [2.75, 3.05) is 24.3 Å². The number of benzene rings is 3. The molecular formula is C26H25BrN2O4S. The molecule has 8 heteroatoms. The summed E-state index contributed by atoms with van der Waals surface area (Å²) in [5.41, 5.74) is 3.50. The van der Waals surface area contributed by atoms with E-state index in [1.165, 1.54) is 12.7 Å². The second-order valence-electron chi connectivity index (χ2n) is 8.42. The first kappa shape index (κ1) is 22.8. The van der Waals surface area contributed by atoms with Gasteiger partial charge in [-0.15, -0.1) is 0 Å². The van der Waals surface area contributed by atoms with Gasteiger partial charge in [0.05, 0.1) is 30.8 Å². The van der Waals surface area contributed by atoms with Crippen molar-refractivity contribution in [3.8, 4) is 11.5 Å². The van der Waals surface area contributed by atoms with Crippen LogP contribution in [0.15, 0.2) is 82.2 Å². The van der Waals surface area contributed by atoms with Crippen LogP contribution in [0.4, 0.5) is 11.4 Å². The third kappa shape index (κ3) is 4.05. The Morgan fingerprint density at radius 1 is 1.00 bits per heavy atom. The van der Waals surface area contributed by atoms with Crippen molar-refractivity contribution in [1.82, 2.24) is 0 Å². The van der Waals surface area contributed by atoms with Gasteiger partial charge in [-0.3, -0.25) is 4.72 Å². The molecule has 176 valence electrons. The third-order valence-corrected chi connectivity index (χ3v) is 8.62. The number of halogens is 1. The van der Waals surface area contributed by atoms with Gasteiger partial charge in [-0.1, -0.05) is 46.3 Å². The maximum Gasteiger partial charge on any atom is 0.262 e. The van der Waals surface area contributed by atoms with Crippen LogP contribution < -0.4 is 19.5 Å². The fourth-order valence-electron chi connectivity index (χ4n) is 4.86. The highest BCUT2D eigenvalue weighted by molar-refractivity contribution is 9.10. The van der Waals surface area contributed by atoms with Crippen LogP contribution in [0.5, 0.6) is 11.5 Å². The lowest BCUT2D eigenvalue weighted by molar-refractivity contribution is 0.395. The molecule has 2 N–H and O–H groups in total. The Morgan fingerprint density at radius 2 is 1.82 bits per heavy atom.